The fraction of sp³-hybridized carbons (Fsp3) is 1.00. The second kappa shape index (κ2) is 7.92. The standard InChI is InChI=1S/C23H40/c1-2-10-18(9-1)22(19-11-3-4-12-19)17-23(20-13-5-6-14-20)21-15-7-8-16-21/h18-23H,1-17H2. The molecule has 0 amide bonds. The van der Waals surface area contributed by atoms with Crippen molar-refractivity contribution in [2.45, 2.75) is 109 Å². The number of rotatable bonds is 6. The third-order valence-corrected chi connectivity index (χ3v) is 8.57. The minimum atomic E-state index is 1.13. The molecule has 4 fully saturated rings. The van der Waals surface area contributed by atoms with Gasteiger partial charge < -0.3 is 0 Å². The fourth-order valence-corrected chi connectivity index (χ4v) is 7.40. The van der Waals surface area contributed by atoms with Gasteiger partial charge in [-0.25, -0.2) is 0 Å². The maximum absolute atomic E-state index is 1.66. The highest BCUT2D eigenvalue weighted by molar-refractivity contribution is 4.90. The van der Waals surface area contributed by atoms with Crippen molar-refractivity contribution >= 4 is 0 Å². The van der Waals surface area contributed by atoms with Crippen molar-refractivity contribution in [1.82, 2.24) is 0 Å². The van der Waals surface area contributed by atoms with Crippen LogP contribution in [-0.4, -0.2) is 0 Å². The smallest absolute Gasteiger partial charge is 0.0355 e. The predicted octanol–water partition coefficient (Wildman–Crippen LogP) is 7.37. The van der Waals surface area contributed by atoms with Crippen LogP contribution in [0.4, 0.5) is 0 Å². The molecular formula is C23H40. The van der Waals surface area contributed by atoms with Gasteiger partial charge in [-0.05, 0) is 41.9 Å². The van der Waals surface area contributed by atoms with Crippen LogP contribution in [0, 0.1) is 35.5 Å². The molecule has 0 saturated heterocycles. The van der Waals surface area contributed by atoms with E-state index >= 15 is 0 Å². The number of hydrogen-bond acceptors (Lipinski definition) is 0. The SMILES string of the molecule is C1CCC(C(CC(C2CCCC2)C2CCCC2)C2CCCC2)C1. The Morgan fingerprint density at radius 1 is 0.391 bits per heavy atom. The Balaban J connectivity index is 1.48. The van der Waals surface area contributed by atoms with Gasteiger partial charge in [0.05, 0.1) is 0 Å². The van der Waals surface area contributed by atoms with Crippen molar-refractivity contribution in [2.75, 3.05) is 0 Å². The van der Waals surface area contributed by atoms with E-state index in [1.54, 1.807) is 109 Å². The van der Waals surface area contributed by atoms with Crippen molar-refractivity contribution in [1.29, 1.82) is 0 Å². The minimum Gasteiger partial charge on any atom is -0.0530 e. The van der Waals surface area contributed by atoms with E-state index < -0.39 is 0 Å². The third-order valence-electron chi connectivity index (χ3n) is 8.57. The van der Waals surface area contributed by atoms with Gasteiger partial charge in [0.25, 0.3) is 0 Å². The highest BCUT2D eigenvalue weighted by atomic mass is 14.4. The molecule has 0 aromatic carbocycles. The van der Waals surface area contributed by atoms with Gasteiger partial charge in [0.1, 0.15) is 0 Å². The molecule has 0 atom stereocenters. The summed E-state index contributed by atoms with van der Waals surface area (Å²) in [5, 5.41) is 0. The summed E-state index contributed by atoms with van der Waals surface area (Å²) in [6.45, 7) is 0. The molecule has 0 heterocycles. The Morgan fingerprint density at radius 2 is 0.609 bits per heavy atom. The molecule has 0 aromatic rings. The minimum absolute atomic E-state index is 1.13. The summed E-state index contributed by atoms with van der Waals surface area (Å²) < 4.78 is 0. The summed E-state index contributed by atoms with van der Waals surface area (Å²) in [6.07, 6.45) is 26.7. The Morgan fingerprint density at radius 3 is 0.826 bits per heavy atom. The highest BCUT2D eigenvalue weighted by Crippen LogP contribution is 2.50. The summed E-state index contributed by atoms with van der Waals surface area (Å²) in [5.74, 6) is 6.77. The first-order chi connectivity index (χ1) is 11.4. The van der Waals surface area contributed by atoms with Gasteiger partial charge in [0.15, 0.2) is 0 Å². The van der Waals surface area contributed by atoms with E-state index in [2.05, 4.69) is 0 Å². The molecule has 132 valence electrons. The Bertz CT molecular complexity index is 269. The monoisotopic (exact) mass is 316 g/mol. The zero-order chi connectivity index (χ0) is 15.5. The van der Waals surface area contributed by atoms with Crippen molar-refractivity contribution < 1.29 is 0 Å². The average Bonchev–Trinajstić information content (AvgIpc) is 3.35. The maximum Gasteiger partial charge on any atom is -0.0355 e. The van der Waals surface area contributed by atoms with Crippen molar-refractivity contribution in [3.63, 3.8) is 0 Å². The Hall–Kier alpha value is 0. The first-order valence-corrected chi connectivity index (χ1v) is 11.4. The maximum atomic E-state index is 1.66. The van der Waals surface area contributed by atoms with E-state index in [1.165, 1.54) is 0 Å². The molecule has 0 spiro atoms. The molecule has 0 N–H and O–H groups in total. The molecule has 0 nitrogen and oxygen atoms in total. The van der Waals surface area contributed by atoms with Crippen LogP contribution in [-0.2, 0) is 0 Å². The van der Waals surface area contributed by atoms with Gasteiger partial charge in [-0.2, -0.15) is 0 Å². The van der Waals surface area contributed by atoms with Gasteiger partial charge >= 0.3 is 0 Å². The second-order valence-corrected chi connectivity index (χ2v) is 9.74. The van der Waals surface area contributed by atoms with Crippen molar-refractivity contribution in [3.05, 3.63) is 0 Å². The van der Waals surface area contributed by atoms with Gasteiger partial charge in [0, 0.05) is 0 Å². The molecule has 0 heteroatoms. The van der Waals surface area contributed by atoms with E-state index in [9.17, 15) is 0 Å². The molecule has 0 unspecified atom stereocenters. The molecule has 0 bridgehead atoms. The first kappa shape index (κ1) is 16.5. The Kier molecular flexibility index (Phi) is 5.67. The largest absolute Gasteiger partial charge is 0.0530 e. The lowest BCUT2D eigenvalue weighted by atomic mass is 9.68. The van der Waals surface area contributed by atoms with Crippen LogP contribution in [0.15, 0.2) is 0 Å². The molecule has 0 radical (unpaired) electrons. The highest BCUT2D eigenvalue weighted by Gasteiger charge is 2.39. The Labute approximate surface area is 145 Å². The van der Waals surface area contributed by atoms with Crippen LogP contribution in [0.1, 0.15) is 109 Å². The van der Waals surface area contributed by atoms with Crippen LogP contribution in [0.5, 0.6) is 0 Å². The van der Waals surface area contributed by atoms with Crippen molar-refractivity contribution in [3.8, 4) is 0 Å². The summed E-state index contributed by atoms with van der Waals surface area (Å²) in [6, 6.07) is 0. The van der Waals surface area contributed by atoms with Crippen LogP contribution in [0.2, 0.25) is 0 Å². The molecule has 4 saturated carbocycles. The van der Waals surface area contributed by atoms with Gasteiger partial charge in [-0.15, -0.1) is 0 Å². The predicted molar refractivity (Wildman–Crippen MR) is 99.4 cm³/mol. The topological polar surface area (TPSA) is 0 Å². The van der Waals surface area contributed by atoms with E-state index in [0.29, 0.717) is 0 Å². The van der Waals surface area contributed by atoms with E-state index in [1.807, 2.05) is 0 Å². The summed E-state index contributed by atoms with van der Waals surface area (Å²) in [4.78, 5) is 0. The summed E-state index contributed by atoms with van der Waals surface area (Å²) >= 11 is 0. The molecule has 0 aromatic heterocycles. The zero-order valence-corrected chi connectivity index (χ0v) is 15.5. The quantitative estimate of drug-likeness (QED) is 0.480. The molecular weight excluding hydrogens is 276 g/mol. The van der Waals surface area contributed by atoms with Crippen molar-refractivity contribution in [2.24, 2.45) is 35.5 Å². The zero-order valence-electron chi connectivity index (χ0n) is 15.5. The van der Waals surface area contributed by atoms with Gasteiger partial charge in [-0.3, -0.25) is 0 Å². The molecule has 23 heavy (non-hydrogen) atoms. The third kappa shape index (κ3) is 3.82. The molecule has 4 aliphatic rings. The van der Waals surface area contributed by atoms with E-state index in [-0.39, 0.29) is 0 Å². The van der Waals surface area contributed by atoms with E-state index in [0.717, 1.165) is 35.5 Å². The van der Waals surface area contributed by atoms with Crippen LogP contribution < -0.4 is 0 Å². The summed E-state index contributed by atoms with van der Waals surface area (Å²) in [7, 11) is 0. The average molecular weight is 317 g/mol. The molecule has 4 rings (SSSR count). The van der Waals surface area contributed by atoms with E-state index in [4.69, 9.17) is 0 Å². The second-order valence-electron chi connectivity index (χ2n) is 9.74. The number of hydrogen-bond donors (Lipinski definition) is 0. The lowest BCUT2D eigenvalue weighted by Gasteiger charge is -2.37. The lowest BCUT2D eigenvalue weighted by Crippen LogP contribution is -2.29. The summed E-state index contributed by atoms with van der Waals surface area (Å²) in [5.41, 5.74) is 0. The first-order valence-electron chi connectivity index (χ1n) is 11.4. The van der Waals surface area contributed by atoms with Crippen LogP contribution >= 0.6 is 0 Å². The van der Waals surface area contributed by atoms with Gasteiger partial charge in [-0.1, -0.05) is 103 Å². The molecule has 0 aliphatic heterocycles. The molecule has 4 aliphatic carbocycles. The van der Waals surface area contributed by atoms with Gasteiger partial charge in [0.2, 0.25) is 0 Å². The lowest BCUT2D eigenvalue weighted by molar-refractivity contribution is 0.121. The fourth-order valence-electron chi connectivity index (χ4n) is 7.40. The van der Waals surface area contributed by atoms with Crippen LogP contribution in [0.3, 0.4) is 0 Å². The normalized spacial score (nSPS) is 29.0. The van der Waals surface area contributed by atoms with Crippen LogP contribution in [0.25, 0.3) is 0 Å².